The molecule has 5 rings (SSSR count). The lowest BCUT2D eigenvalue weighted by Gasteiger charge is -2.67. The van der Waals surface area contributed by atoms with E-state index in [2.05, 4.69) is 109 Å². The van der Waals surface area contributed by atoms with Gasteiger partial charge >= 0.3 is 23.1 Å². The van der Waals surface area contributed by atoms with Crippen LogP contribution in [0.2, 0.25) is 59.9 Å². The number of carbonyl (C=O) groups excluding carboxylic acids is 2. The molecule has 2 aromatic rings. The highest BCUT2D eigenvalue weighted by Crippen LogP contribution is 2.59. The van der Waals surface area contributed by atoms with Gasteiger partial charge in [0.25, 0.3) is 0 Å². The third-order valence-corrected chi connectivity index (χ3v) is 28.7. The van der Waals surface area contributed by atoms with Gasteiger partial charge in [-0.05, 0) is 77.6 Å². The molecule has 2 aromatic carbocycles. The number of aliphatic hydroxyl groups is 1. The number of hydrogen-bond acceptors (Lipinski definition) is 10. The molecule has 0 bridgehead atoms. The summed E-state index contributed by atoms with van der Waals surface area (Å²) < 4.78 is 44.3. The summed E-state index contributed by atoms with van der Waals surface area (Å²) in [5.41, 5.74) is -2.41. The van der Waals surface area contributed by atoms with Gasteiger partial charge in [-0.1, -0.05) is 125 Å². The van der Waals surface area contributed by atoms with E-state index in [1.807, 2.05) is 36.4 Å². The molecule has 330 valence electrons. The molecule has 0 aromatic heterocycles. The van der Waals surface area contributed by atoms with E-state index in [9.17, 15) is 14.7 Å². The molecule has 1 saturated carbocycles. The van der Waals surface area contributed by atoms with Crippen LogP contribution < -0.4 is 0 Å². The number of β-lactam (4-membered cyclic amide) rings is 1. The van der Waals surface area contributed by atoms with E-state index in [1.165, 1.54) is 5.06 Å². The smallest absolute Gasteiger partial charge is 0.338 e. The van der Waals surface area contributed by atoms with Gasteiger partial charge < -0.3 is 31.7 Å². The van der Waals surface area contributed by atoms with Crippen molar-refractivity contribution in [3.8, 4) is 0 Å². The highest BCUT2D eigenvalue weighted by Gasteiger charge is 2.79. The Morgan fingerprint density at radius 1 is 0.797 bits per heavy atom. The highest BCUT2D eigenvalue weighted by atomic mass is 28.5. The number of rotatable bonds is 14. The van der Waals surface area contributed by atoms with E-state index >= 15 is 0 Å². The van der Waals surface area contributed by atoms with Crippen molar-refractivity contribution < 1.29 is 46.1 Å². The van der Waals surface area contributed by atoms with E-state index in [1.54, 1.807) is 24.3 Å². The Morgan fingerprint density at radius 2 is 1.29 bits per heavy atom. The second kappa shape index (κ2) is 17.3. The molecule has 0 unspecified atom stereocenters. The Morgan fingerprint density at radius 3 is 1.75 bits per heavy atom. The van der Waals surface area contributed by atoms with Gasteiger partial charge in [0, 0.05) is 0 Å². The topological polar surface area (TPSA) is 122 Å². The fraction of sp³-hybridized carbons (Fsp3) is 0.682. The maximum Gasteiger partial charge on any atom is 0.338 e. The monoisotopic (exact) mass is 887 g/mol. The number of hydrogen-bond donors (Lipinski definition) is 1. The first-order valence-electron chi connectivity index (χ1n) is 21.5. The summed E-state index contributed by atoms with van der Waals surface area (Å²) in [6.07, 6.45) is -4.36. The number of ether oxygens (including phenoxy) is 1. The van der Waals surface area contributed by atoms with Crippen LogP contribution in [0.1, 0.15) is 98.5 Å². The third-order valence-electron chi connectivity index (χ3n) is 13.1. The number of hydroxylamine groups is 2. The molecule has 1 N–H and O–H groups in total. The Labute approximate surface area is 358 Å². The zero-order valence-corrected chi connectivity index (χ0v) is 42.6. The predicted molar refractivity (Wildman–Crippen MR) is 240 cm³/mol. The van der Waals surface area contributed by atoms with Gasteiger partial charge in [-0.15, -0.1) is 0 Å². The van der Waals surface area contributed by atoms with Gasteiger partial charge in [-0.2, -0.15) is 0 Å². The van der Waals surface area contributed by atoms with E-state index < -0.39 is 81.9 Å². The van der Waals surface area contributed by atoms with Crippen LogP contribution in [0.5, 0.6) is 0 Å². The van der Waals surface area contributed by atoms with Crippen molar-refractivity contribution in [2.24, 2.45) is 0 Å². The fourth-order valence-electron chi connectivity index (χ4n) is 8.81. The van der Waals surface area contributed by atoms with Crippen molar-refractivity contribution in [3.05, 3.63) is 71.8 Å². The summed E-state index contributed by atoms with van der Waals surface area (Å²) in [5.74, 6) is -0.825. The molecule has 2 saturated heterocycles. The lowest BCUT2D eigenvalue weighted by molar-refractivity contribution is -0.348. The van der Waals surface area contributed by atoms with E-state index in [0.717, 1.165) is 5.56 Å². The van der Waals surface area contributed by atoms with Crippen LogP contribution in [0.15, 0.2) is 60.7 Å². The number of amides is 1. The summed E-state index contributed by atoms with van der Waals surface area (Å²) in [5, 5.41) is 15.2. The van der Waals surface area contributed by atoms with Gasteiger partial charge in [-0.25, -0.2) is 9.86 Å². The van der Waals surface area contributed by atoms with Gasteiger partial charge in [0.05, 0.1) is 12.0 Å². The standard InChI is InChI=1S/C44H73NO10Si4/c1-30(2)58(31(3)4)53-38-40(54-59(55-58,32(5)6)33(7)8)44(48,29-49-41(47)35-25-21-18-22-26-35)39(52-57(15,16)42(9,10)11)37(51-56(12,13)14)43(38)27-36(46)45(43)50-28-34-23-19-17-20-24-34/h17-26,30-33,37-40,48H,27-29H2,1-16H3/t37-,38+,39+,40-,43+,44-/m0/s1. The average Bonchev–Trinajstić information content (AvgIpc) is 3.32. The molecular weight excluding hydrogens is 815 g/mol. The molecule has 3 aliphatic rings. The van der Waals surface area contributed by atoms with Crippen LogP contribution in [0.3, 0.4) is 0 Å². The minimum Gasteiger partial charge on any atom is -0.459 e. The number of carbonyl (C=O) groups is 2. The molecule has 1 spiro atoms. The molecule has 1 aliphatic carbocycles. The van der Waals surface area contributed by atoms with Crippen molar-refractivity contribution in [2.45, 2.75) is 185 Å². The molecule has 3 fully saturated rings. The number of nitrogens with zero attached hydrogens (tertiary/aromatic N) is 1. The summed E-state index contributed by atoms with van der Waals surface area (Å²) >= 11 is 0. The number of esters is 1. The fourth-order valence-corrected chi connectivity index (χ4v) is 22.6. The molecule has 11 nitrogen and oxygen atoms in total. The lowest BCUT2D eigenvalue weighted by atomic mass is 9.62. The summed E-state index contributed by atoms with van der Waals surface area (Å²) in [6.45, 7) is 33.7. The second-order valence-electron chi connectivity index (χ2n) is 20.7. The zero-order valence-electron chi connectivity index (χ0n) is 38.6. The summed E-state index contributed by atoms with van der Waals surface area (Å²) in [6, 6.07) is 18.5. The van der Waals surface area contributed by atoms with Crippen LogP contribution in [-0.2, 0) is 42.8 Å². The third kappa shape index (κ3) is 8.95. The van der Waals surface area contributed by atoms with Crippen molar-refractivity contribution in [1.29, 1.82) is 0 Å². The molecule has 2 heterocycles. The molecular formula is C44H73NO10Si4. The predicted octanol–water partition coefficient (Wildman–Crippen LogP) is 9.63. The largest absolute Gasteiger partial charge is 0.459 e. The number of benzene rings is 2. The molecule has 1 amide bonds. The average molecular weight is 888 g/mol. The highest BCUT2D eigenvalue weighted by molar-refractivity contribution is 6.84. The Hall–Kier alpha value is -2.03. The minimum atomic E-state index is -3.41. The molecule has 6 atom stereocenters. The van der Waals surface area contributed by atoms with Crippen LogP contribution in [0.4, 0.5) is 0 Å². The van der Waals surface area contributed by atoms with Crippen LogP contribution in [0.25, 0.3) is 0 Å². The first-order valence-corrected chi connectivity index (χ1v) is 31.8. The quantitative estimate of drug-likeness (QED) is 0.112. The second-order valence-corrected chi connectivity index (χ2v) is 38.7. The van der Waals surface area contributed by atoms with Gasteiger partial charge in [-0.3, -0.25) is 9.63 Å². The summed E-state index contributed by atoms with van der Waals surface area (Å²) in [4.78, 5) is 34.9. The molecule has 15 heteroatoms. The van der Waals surface area contributed by atoms with Crippen LogP contribution in [0, 0.1) is 0 Å². The van der Waals surface area contributed by atoms with Crippen molar-refractivity contribution in [3.63, 3.8) is 0 Å². The lowest BCUT2D eigenvalue weighted by Crippen LogP contribution is -2.88. The molecule has 0 radical (unpaired) electrons. The Balaban J connectivity index is 1.87. The minimum absolute atomic E-state index is 0.00269. The normalized spacial score (nSPS) is 28.6. The first kappa shape index (κ1) is 48.0. The van der Waals surface area contributed by atoms with E-state index in [-0.39, 0.29) is 46.1 Å². The zero-order chi connectivity index (χ0) is 44.1. The van der Waals surface area contributed by atoms with Gasteiger partial charge in [0.2, 0.25) is 5.91 Å². The first-order chi connectivity index (χ1) is 27.2. The molecule has 2 aliphatic heterocycles. The maximum atomic E-state index is 14.3. The van der Waals surface area contributed by atoms with E-state index in [0.29, 0.717) is 5.56 Å². The molecule has 59 heavy (non-hydrogen) atoms. The maximum absolute atomic E-state index is 14.3. The van der Waals surface area contributed by atoms with Gasteiger partial charge in [0.15, 0.2) is 22.2 Å². The van der Waals surface area contributed by atoms with Crippen LogP contribution >= 0.6 is 0 Å². The van der Waals surface area contributed by atoms with Gasteiger partial charge in [0.1, 0.15) is 43.2 Å². The Kier molecular flexibility index (Phi) is 14.0. The van der Waals surface area contributed by atoms with Crippen molar-refractivity contribution in [2.75, 3.05) is 6.61 Å². The Bertz CT molecular complexity index is 1750. The van der Waals surface area contributed by atoms with Crippen LogP contribution in [-0.4, -0.2) is 98.0 Å². The number of fused-ring (bicyclic) bond motifs is 2. The SMILES string of the molecule is CC(C)[Si]1(C(C)C)O[C@@H]2[C@H](O[Si](C(C)C)(C(C)C)O1)[C@](O)(COC(=O)c1ccccc1)[C@H](O[Si](C)(C)C(C)(C)C)[C@H](O[Si](C)(C)C)[C@]21CC(=O)N1OCc1ccccc1. The summed E-state index contributed by atoms with van der Waals surface area (Å²) in [7, 11) is -12.2. The van der Waals surface area contributed by atoms with Crippen molar-refractivity contribution >= 4 is 45.6 Å². The van der Waals surface area contributed by atoms with E-state index in [4.69, 9.17) is 31.4 Å². The van der Waals surface area contributed by atoms with Crippen molar-refractivity contribution in [1.82, 2.24) is 5.06 Å².